The summed E-state index contributed by atoms with van der Waals surface area (Å²) in [6.07, 6.45) is 4.49. The van der Waals surface area contributed by atoms with Crippen LogP contribution in [0, 0.1) is 0 Å². The molecule has 0 aliphatic heterocycles. The topological polar surface area (TPSA) is 103 Å². The molecular weight excluding hydrogens is 422 g/mol. The number of pyridine rings is 1. The molecule has 0 saturated heterocycles. The minimum absolute atomic E-state index is 0.258. The van der Waals surface area contributed by atoms with Crippen molar-refractivity contribution in [1.82, 2.24) is 10.3 Å². The second kappa shape index (κ2) is 9.69. The number of para-hydroxylation sites is 1. The highest BCUT2D eigenvalue weighted by molar-refractivity contribution is 6.02. The zero-order chi connectivity index (χ0) is 23.2. The number of nitrogens with one attached hydrogen (secondary N) is 2. The molecule has 0 bridgehead atoms. The maximum absolute atomic E-state index is 12.3. The first-order valence-electron chi connectivity index (χ1n) is 10.1. The van der Waals surface area contributed by atoms with Crippen LogP contribution in [-0.2, 0) is 4.79 Å². The first-order valence-corrected chi connectivity index (χ1v) is 10.1. The molecule has 8 heteroatoms. The summed E-state index contributed by atoms with van der Waals surface area (Å²) in [6.45, 7) is 0. The zero-order valence-electron chi connectivity index (χ0n) is 18.0. The van der Waals surface area contributed by atoms with Crippen LogP contribution in [0.5, 0.6) is 17.2 Å². The Balaban J connectivity index is 1.38. The Bertz CT molecular complexity index is 1330. The van der Waals surface area contributed by atoms with Gasteiger partial charge in [0.25, 0.3) is 5.91 Å². The Hall–Kier alpha value is -4.59. The quantitative estimate of drug-likeness (QED) is 0.404. The number of anilines is 1. The number of hydrogen-bond donors (Lipinski definition) is 2. The molecule has 0 unspecified atom stereocenters. The molecule has 33 heavy (non-hydrogen) atoms. The van der Waals surface area contributed by atoms with E-state index < -0.39 is 0 Å². The summed E-state index contributed by atoms with van der Waals surface area (Å²) in [5.41, 5.74) is 1.49. The van der Waals surface area contributed by atoms with E-state index in [1.54, 1.807) is 49.6 Å². The highest BCUT2D eigenvalue weighted by atomic mass is 16.5. The van der Waals surface area contributed by atoms with Crippen molar-refractivity contribution in [1.29, 1.82) is 0 Å². The van der Waals surface area contributed by atoms with E-state index in [4.69, 9.17) is 13.9 Å². The van der Waals surface area contributed by atoms with Crippen molar-refractivity contribution in [2.75, 3.05) is 19.5 Å². The largest absolute Gasteiger partial charge is 0.493 e. The Morgan fingerprint density at radius 2 is 1.85 bits per heavy atom. The van der Waals surface area contributed by atoms with E-state index in [2.05, 4.69) is 15.6 Å². The fourth-order valence-electron chi connectivity index (χ4n) is 3.11. The summed E-state index contributed by atoms with van der Waals surface area (Å²) in [4.78, 5) is 28.0. The number of furan rings is 1. The number of ether oxygens (including phenoxy) is 2. The number of hydrogen-bond acceptors (Lipinski definition) is 6. The van der Waals surface area contributed by atoms with E-state index >= 15 is 0 Å². The smallest absolute Gasteiger partial charge is 0.269 e. The first kappa shape index (κ1) is 21.6. The monoisotopic (exact) mass is 443 g/mol. The minimum Gasteiger partial charge on any atom is -0.493 e. The molecule has 0 aliphatic rings. The number of methoxy groups -OCH3 is 1. The maximum atomic E-state index is 12.3. The van der Waals surface area contributed by atoms with E-state index in [0.29, 0.717) is 34.3 Å². The number of rotatable bonds is 7. The first-order chi connectivity index (χ1) is 16.1. The van der Waals surface area contributed by atoms with Crippen molar-refractivity contribution < 1.29 is 23.5 Å². The normalized spacial score (nSPS) is 10.8. The van der Waals surface area contributed by atoms with Gasteiger partial charge in [0.15, 0.2) is 11.3 Å². The van der Waals surface area contributed by atoms with E-state index in [1.165, 1.54) is 19.3 Å². The number of fused-ring (bicyclic) bond motifs is 1. The molecule has 2 N–H and O–H groups in total. The fraction of sp³-hybridized carbons (Fsp3) is 0.0800. The lowest BCUT2D eigenvalue weighted by atomic mass is 10.2. The molecule has 0 atom stereocenters. The molecule has 2 aromatic heterocycles. The van der Waals surface area contributed by atoms with Crippen LogP contribution in [0.25, 0.3) is 17.0 Å². The van der Waals surface area contributed by atoms with Gasteiger partial charge in [0.05, 0.1) is 7.11 Å². The third-order valence-electron chi connectivity index (χ3n) is 4.69. The molecule has 0 saturated carbocycles. The number of benzene rings is 2. The maximum Gasteiger partial charge on any atom is 0.269 e. The standard InChI is InChI=1S/C25H21N3O5/c1-26-25(30)21-15-20(12-13-27-21)32-18-8-6-17(7-9-18)28-23(29)11-10-19-14-16-4-3-5-22(31-2)24(16)33-19/h3-15H,1-2H3,(H,26,30)(H,28,29)/b11-10+. The van der Waals surface area contributed by atoms with Crippen LogP contribution < -0.4 is 20.1 Å². The SMILES string of the molecule is CNC(=O)c1cc(Oc2ccc(NC(=O)/C=C/c3cc4cccc(OC)c4o3)cc2)ccn1. The number of aromatic nitrogens is 1. The fourth-order valence-corrected chi connectivity index (χ4v) is 3.11. The van der Waals surface area contributed by atoms with Crippen molar-refractivity contribution in [3.63, 3.8) is 0 Å². The van der Waals surface area contributed by atoms with Crippen LogP contribution in [0.15, 0.2) is 77.4 Å². The van der Waals surface area contributed by atoms with E-state index in [9.17, 15) is 9.59 Å². The van der Waals surface area contributed by atoms with Gasteiger partial charge in [0, 0.05) is 36.5 Å². The third-order valence-corrected chi connectivity index (χ3v) is 4.69. The lowest BCUT2D eigenvalue weighted by molar-refractivity contribution is -0.111. The van der Waals surface area contributed by atoms with Crippen LogP contribution in [0.2, 0.25) is 0 Å². The van der Waals surface area contributed by atoms with Crippen LogP contribution in [0.3, 0.4) is 0 Å². The van der Waals surface area contributed by atoms with Crippen LogP contribution in [0.4, 0.5) is 5.69 Å². The van der Waals surface area contributed by atoms with Gasteiger partial charge in [-0.2, -0.15) is 0 Å². The molecule has 2 amide bonds. The van der Waals surface area contributed by atoms with Gasteiger partial charge >= 0.3 is 0 Å². The summed E-state index contributed by atoms with van der Waals surface area (Å²) in [5, 5.41) is 6.19. The van der Waals surface area contributed by atoms with E-state index in [-0.39, 0.29) is 17.5 Å². The molecule has 166 valence electrons. The van der Waals surface area contributed by atoms with Gasteiger partial charge < -0.3 is 24.5 Å². The van der Waals surface area contributed by atoms with Gasteiger partial charge in [0.1, 0.15) is 23.0 Å². The molecule has 0 spiro atoms. The minimum atomic E-state index is -0.305. The van der Waals surface area contributed by atoms with Crippen molar-refractivity contribution in [2.24, 2.45) is 0 Å². The van der Waals surface area contributed by atoms with Gasteiger partial charge in [-0.1, -0.05) is 12.1 Å². The predicted octanol–water partition coefficient (Wildman–Crippen LogP) is 4.64. The summed E-state index contributed by atoms with van der Waals surface area (Å²) < 4.78 is 16.8. The molecule has 2 heterocycles. The Kier molecular flexibility index (Phi) is 6.36. The molecule has 0 radical (unpaired) electrons. The summed E-state index contributed by atoms with van der Waals surface area (Å²) >= 11 is 0. The lowest BCUT2D eigenvalue weighted by Crippen LogP contribution is -2.18. The zero-order valence-corrected chi connectivity index (χ0v) is 18.0. The number of amides is 2. The molecule has 4 rings (SSSR count). The van der Waals surface area contributed by atoms with E-state index in [1.807, 2.05) is 24.3 Å². The van der Waals surface area contributed by atoms with Crippen molar-refractivity contribution in [3.8, 4) is 17.2 Å². The van der Waals surface area contributed by atoms with Gasteiger partial charge in [-0.05, 0) is 48.5 Å². The van der Waals surface area contributed by atoms with Crippen molar-refractivity contribution >= 4 is 34.5 Å². The van der Waals surface area contributed by atoms with Crippen LogP contribution in [-0.4, -0.2) is 31.0 Å². The lowest BCUT2D eigenvalue weighted by Gasteiger charge is -2.08. The Morgan fingerprint density at radius 3 is 2.61 bits per heavy atom. The molecule has 0 aliphatic carbocycles. The van der Waals surface area contributed by atoms with Crippen LogP contribution in [0.1, 0.15) is 16.2 Å². The van der Waals surface area contributed by atoms with Gasteiger partial charge in [-0.15, -0.1) is 0 Å². The Labute approximate surface area is 189 Å². The summed E-state index contributed by atoms with van der Waals surface area (Å²) in [5.74, 6) is 1.60. The van der Waals surface area contributed by atoms with Crippen LogP contribution >= 0.6 is 0 Å². The van der Waals surface area contributed by atoms with E-state index in [0.717, 1.165) is 5.39 Å². The van der Waals surface area contributed by atoms with Crippen molar-refractivity contribution in [3.05, 3.63) is 84.4 Å². The second-order valence-corrected chi connectivity index (χ2v) is 6.93. The average Bonchev–Trinajstić information content (AvgIpc) is 3.27. The third kappa shape index (κ3) is 5.19. The second-order valence-electron chi connectivity index (χ2n) is 6.93. The molecule has 4 aromatic rings. The summed E-state index contributed by atoms with van der Waals surface area (Å²) in [6, 6.07) is 17.5. The van der Waals surface area contributed by atoms with Crippen molar-refractivity contribution in [2.45, 2.75) is 0 Å². The predicted molar refractivity (Wildman–Crippen MR) is 125 cm³/mol. The van der Waals surface area contributed by atoms with Gasteiger partial charge in [0.2, 0.25) is 5.91 Å². The molecular formula is C25H21N3O5. The van der Waals surface area contributed by atoms with Gasteiger partial charge in [-0.3, -0.25) is 14.6 Å². The Morgan fingerprint density at radius 1 is 1.03 bits per heavy atom. The number of carbonyl (C=O) groups is 2. The number of carbonyl (C=O) groups excluding carboxylic acids is 2. The van der Waals surface area contributed by atoms with Gasteiger partial charge in [-0.25, -0.2) is 0 Å². The molecule has 0 fully saturated rings. The summed E-state index contributed by atoms with van der Waals surface area (Å²) in [7, 11) is 3.11. The average molecular weight is 443 g/mol. The molecule has 8 nitrogen and oxygen atoms in total. The highest BCUT2D eigenvalue weighted by Crippen LogP contribution is 2.29. The molecule has 2 aromatic carbocycles. The highest BCUT2D eigenvalue weighted by Gasteiger charge is 2.08. The number of nitrogens with zero attached hydrogens (tertiary/aromatic N) is 1.